The monoisotopic (exact) mass is 277 g/mol. The molecular weight excluding hydrogens is 258 g/mol. The molecule has 4 heteroatoms. The fourth-order valence-electron chi connectivity index (χ4n) is 2.13. The van der Waals surface area contributed by atoms with Crippen molar-refractivity contribution in [3.8, 4) is 0 Å². The molecular formula is C15H19NO2S. The van der Waals surface area contributed by atoms with Gasteiger partial charge in [0, 0.05) is 0 Å². The number of hydrogen-bond acceptors (Lipinski definition) is 4. The number of esters is 1. The van der Waals surface area contributed by atoms with Crippen molar-refractivity contribution in [2.24, 2.45) is 5.92 Å². The molecule has 0 amide bonds. The minimum Gasteiger partial charge on any atom is -0.465 e. The van der Waals surface area contributed by atoms with Gasteiger partial charge in [-0.25, -0.2) is 4.98 Å². The van der Waals surface area contributed by atoms with Crippen LogP contribution in [-0.2, 0) is 9.53 Å². The Labute approximate surface area is 117 Å². The number of ether oxygens (including phenoxy) is 1. The van der Waals surface area contributed by atoms with Crippen LogP contribution in [0.25, 0.3) is 10.2 Å². The van der Waals surface area contributed by atoms with Gasteiger partial charge >= 0.3 is 5.97 Å². The van der Waals surface area contributed by atoms with Crippen LogP contribution in [-0.4, -0.2) is 17.6 Å². The summed E-state index contributed by atoms with van der Waals surface area (Å²) in [5, 5.41) is 0.859. The minimum atomic E-state index is -0.267. The van der Waals surface area contributed by atoms with Crippen LogP contribution in [0.1, 0.15) is 37.3 Å². The number of hydrogen-bond donors (Lipinski definition) is 0. The first-order valence-corrected chi connectivity index (χ1v) is 7.39. The van der Waals surface area contributed by atoms with E-state index in [0.717, 1.165) is 20.8 Å². The smallest absolute Gasteiger partial charge is 0.316 e. The number of aryl methyl sites for hydroxylation is 1. The van der Waals surface area contributed by atoms with Crippen LogP contribution in [0.4, 0.5) is 0 Å². The lowest BCUT2D eigenvalue weighted by molar-refractivity contribution is -0.146. The summed E-state index contributed by atoms with van der Waals surface area (Å²) in [6, 6.07) is 6.11. The zero-order chi connectivity index (χ0) is 14.0. The highest BCUT2D eigenvalue weighted by atomic mass is 32.1. The van der Waals surface area contributed by atoms with Crippen molar-refractivity contribution < 1.29 is 9.53 Å². The molecule has 1 aromatic carbocycles. The Bertz CT molecular complexity index is 589. The normalized spacial score (nSPS) is 12.9. The zero-order valence-electron chi connectivity index (χ0n) is 11.8. The van der Waals surface area contributed by atoms with E-state index in [-0.39, 0.29) is 17.8 Å². The van der Waals surface area contributed by atoms with Crippen molar-refractivity contribution in [3.63, 3.8) is 0 Å². The molecule has 0 spiro atoms. The molecule has 0 fully saturated rings. The van der Waals surface area contributed by atoms with Gasteiger partial charge in [0.2, 0.25) is 0 Å². The van der Waals surface area contributed by atoms with Gasteiger partial charge in [-0.2, -0.15) is 0 Å². The first-order valence-electron chi connectivity index (χ1n) is 6.57. The molecule has 3 nitrogen and oxygen atoms in total. The van der Waals surface area contributed by atoms with Gasteiger partial charge in [-0.05, 0) is 31.4 Å². The van der Waals surface area contributed by atoms with E-state index in [0.29, 0.717) is 6.61 Å². The molecule has 2 aromatic rings. The van der Waals surface area contributed by atoms with Gasteiger partial charge in [-0.3, -0.25) is 4.79 Å². The maximum atomic E-state index is 12.1. The van der Waals surface area contributed by atoms with E-state index in [2.05, 4.69) is 4.98 Å². The summed E-state index contributed by atoms with van der Waals surface area (Å²) >= 11 is 1.59. The Balaban J connectivity index is 2.45. The fraction of sp³-hybridized carbons (Fsp3) is 0.467. The summed E-state index contributed by atoms with van der Waals surface area (Å²) in [5.74, 6) is -0.258. The van der Waals surface area contributed by atoms with Crippen molar-refractivity contribution in [3.05, 3.63) is 28.8 Å². The molecule has 0 aliphatic heterocycles. The Kier molecular flexibility index (Phi) is 4.20. The van der Waals surface area contributed by atoms with Crippen molar-refractivity contribution in [2.45, 2.75) is 33.6 Å². The molecule has 0 saturated heterocycles. The third-order valence-corrected chi connectivity index (χ3v) is 4.21. The summed E-state index contributed by atoms with van der Waals surface area (Å²) in [6.07, 6.45) is 0. The minimum absolute atomic E-state index is 0.172. The number of fused-ring (bicyclic) bond motifs is 1. The van der Waals surface area contributed by atoms with Crippen LogP contribution in [0.15, 0.2) is 18.2 Å². The van der Waals surface area contributed by atoms with Gasteiger partial charge < -0.3 is 4.74 Å². The molecule has 2 rings (SSSR count). The Hall–Kier alpha value is -1.42. The number of para-hydroxylation sites is 1. The SMILES string of the molecule is CCOC(=O)C(c1nc2c(C)cccc2s1)C(C)C. The Morgan fingerprint density at radius 3 is 2.74 bits per heavy atom. The van der Waals surface area contributed by atoms with E-state index in [1.54, 1.807) is 11.3 Å². The van der Waals surface area contributed by atoms with Gasteiger partial charge in [-0.15, -0.1) is 11.3 Å². The van der Waals surface area contributed by atoms with E-state index >= 15 is 0 Å². The molecule has 0 bridgehead atoms. The predicted molar refractivity (Wildman–Crippen MR) is 78.6 cm³/mol. The quantitative estimate of drug-likeness (QED) is 0.795. The van der Waals surface area contributed by atoms with Crippen molar-refractivity contribution in [1.29, 1.82) is 0 Å². The highest BCUT2D eigenvalue weighted by Crippen LogP contribution is 2.33. The van der Waals surface area contributed by atoms with Gasteiger partial charge in [-0.1, -0.05) is 26.0 Å². The van der Waals surface area contributed by atoms with Crippen LogP contribution in [0.2, 0.25) is 0 Å². The van der Waals surface area contributed by atoms with Crippen molar-refractivity contribution in [2.75, 3.05) is 6.61 Å². The van der Waals surface area contributed by atoms with E-state index in [4.69, 9.17) is 4.74 Å². The van der Waals surface area contributed by atoms with Crippen LogP contribution < -0.4 is 0 Å². The van der Waals surface area contributed by atoms with Gasteiger partial charge in [0.25, 0.3) is 0 Å². The summed E-state index contributed by atoms with van der Waals surface area (Å²) in [7, 11) is 0. The van der Waals surface area contributed by atoms with Crippen LogP contribution in [0, 0.1) is 12.8 Å². The third-order valence-electron chi connectivity index (χ3n) is 3.11. The Morgan fingerprint density at radius 1 is 1.42 bits per heavy atom. The topological polar surface area (TPSA) is 39.2 Å². The third kappa shape index (κ3) is 2.78. The molecule has 1 aromatic heterocycles. The Morgan fingerprint density at radius 2 is 2.16 bits per heavy atom. The molecule has 0 aliphatic rings. The molecule has 102 valence electrons. The zero-order valence-corrected chi connectivity index (χ0v) is 12.6. The molecule has 1 heterocycles. The number of aromatic nitrogens is 1. The maximum Gasteiger partial charge on any atom is 0.316 e. The van der Waals surface area contributed by atoms with Gasteiger partial charge in [0.1, 0.15) is 10.9 Å². The summed E-state index contributed by atoms with van der Waals surface area (Å²) in [4.78, 5) is 16.7. The van der Waals surface area contributed by atoms with Crippen molar-refractivity contribution in [1.82, 2.24) is 4.98 Å². The average Bonchev–Trinajstić information content (AvgIpc) is 2.74. The maximum absolute atomic E-state index is 12.1. The molecule has 1 atom stereocenters. The summed E-state index contributed by atoms with van der Waals surface area (Å²) in [6.45, 7) is 8.34. The van der Waals surface area contributed by atoms with Crippen LogP contribution >= 0.6 is 11.3 Å². The summed E-state index contributed by atoms with van der Waals surface area (Å²) < 4.78 is 6.30. The largest absolute Gasteiger partial charge is 0.465 e. The molecule has 1 unspecified atom stereocenters. The molecule has 0 N–H and O–H groups in total. The molecule has 0 aliphatic carbocycles. The lowest BCUT2D eigenvalue weighted by atomic mass is 9.97. The number of rotatable bonds is 4. The second-order valence-corrected chi connectivity index (χ2v) is 6.01. The number of carbonyl (C=O) groups excluding carboxylic acids is 1. The van der Waals surface area contributed by atoms with E-state index in [1.807, 2.05) is 45.9 Å². The molecule has 0 saturated carbocycles. The fourth-order valence-corrected chi connectivity index (χ4v) is 3.43. The highest BCUT2D eigenvalue weighted by molar-refractivity contribution is 7.18. The average molecular weight is 277 g/mol. The number of benzene rings is 1. The first-order chi connectivity index (χ1) is 9.04. The van der Waals surface area contributed by atoms with Gasteiger partial charge in [0.05, 0.1) is 16.8 Å². The van der Waals surface area contributed by atoms with E-state index in [1.165, 1.54) is 0 Å². The van der Waals surface area contributed by atoms with Crippen LogP contribution in [0.3, 0.4) is 0 Å². The highest BCUT2D eigenvalue weighted by Gasteiger charge is 2.28. The standard InChI is InChI=1S/C15H19NO2S/c1-5-18-15(17)12(9(2)3)14-16-13-10(4)7-6-8-11(13)19-14/h6-9,12H,5H2,1-4H3. The number of thiazole rings is 1. The molecule has 19 heavy (non-hydrogen) atoms. The van der Waals surface area contributed by atoms with E-state index in [9.17, 15) is 4.79 Å². The number of carbonyl (C=O) groups is 1. The predicted octanol–water partition coefficient (Wildman–Crippen LogP) is 3.91. The lowest BCUT2D eigenvalue weighted by Gasteiger charge is -2.16. The van der Waals surface area contributed by atoms with Crippen LogP contribution in [0.5, 0.6) is 0 Å². The van der Waals surface area contributed by atoms with E-state index < -0.39 is 0 Å². The molecule has 0 radical (unpaired) electrons. The first kappa shape index (κ1) is 14.0. The second kappa shape index (κ2) is 5.70. The second-order valence-electron chi connectivity index (χ2n) is 4.95. The van der Waals surface area contributed by atoms with Gasteiger partial charge in [0.15, 0.2) is 0 Å². The summed E-state index contributed by atoms with van der Waals surface area (Å²) in [5.41, 5.74) is 2.14. The number of nitrogens with zero attached hydrogens (tertiary/aromatic N) is 1. The van der Waals surface area contributed by atoms with Crippen molar-refractivity contribution >= 4 is 27.5 Å². The lowest BCUT2D eigenvalue weighted by Crippen LogP contribution is -2.20.